The molecule has 6 heteroatoms. The Bertz CT molecular complexity index is 959. The van der Waals surface area contributed by atoms with Gasteiger partial charge in [-0.3, -0.25) is 19.8 Å². The van der Waals surface area contributed by atoms with E-state index in [-0.39, 0.29) is 17.6 Å². The highest BCUT2D eigenvalue weighted by Crippen LogP contribution is 2.29. The van der Waals surface area contributed by atoms with Gasteiger partial charge in [0, 0.05) is 43.9 Å². The molecular formula is C24H23N3O3. The van der Waals surface area contributed by atoms with Crippen molar-refractivity contribution in [1.82, 2.24) is 9.80 Å². The lowest BCUT2D eigenvalue weighted by Crippen LogP contribution is -2.49. The fraction of sp³-hybridized carbons (Fsp3) is 0.208. The van der Waals surface area contributed by atoms with Crippen LogP contribution in [0.2, 0.25) is 0 Å². The monoisotopic (exact) mass is 401 g/mol. The number of benzene rings is 3. The van der Waals surface area contributed by atoms with E-state index in [0.29, 0.717) is 18.7 Å². The molecule has 4 rings (SSSR count). The lowest BCUT2D eigenvalue weighted by Gasteiger charge is -2.39. The van der Waals surface area contributed by atoms with Crippen LogP contribution in [0.15, 0.2) is 84.9 Å². The Morgan fingerprint density at radius 2 is 1.27 bits per heavy atom. The number of hydrogen-bond donors (Lipinski definition) is 0. The van der Waals surface area contributed by atoms with Crippen LogP contribution in [-0.2, 0) is 0 Å². The van der Waals surface area contributed by atoms with Crippen LogP contribution in [0.1, 0.15) is 27.5 Å². The molecule has 0 atom stereocenters. The molecule has 0 saturated carbocycles. The molecule has 1 fully saturated rings. The van der Waals surface area contributed by atoms with Crippen LogP contribution in [0.4, 0.5) is 5.69 Å². The summed E-state index contributed by atoms with van der Waals surface area (Å²) in [6.07, 6.45) is 0. The van der Waals surface area contributed by atoms with Gasteiger partial charge in [-0.1, -0.05) is 60.7 Å². The maximum Gasteiger partial charge on any atom is 0.269 e. The summed E-state index contributed by atoms with van der Waals surface area (Å²) in [6.45, 7) is 2.75. The zero-order valence-corrected chi connectivity index (χ0v) is 16.6. The Morgan fingerprint density at radius 3 is 1.73 bits per heavy atom. The molecule has 0 radical (unpaired) electrons. The quantitative estimate of drug-likeness (QED) is 0.476. The first kappa shape index (κ1) is 19.8. The fourth-order valence-corrected chi connectivity index (χ4v) is 3.98. The van der Waals surface area contributed by atoms with E-state index in [1.165, 1.54) is 35.4 Å². The van der Waals surface area contributed by atoms with Crippen molar-refractivity contribution in [2.75, 3.05) is 26.2 Å². The fourth-order valence-electron chi connectivity index (χ4n) is 3.98. The van der Waals surface area contributed by atoms with E-state index in [4.69, 9.17) is 0 Å². The van der Waals surface area contributed by atoms with Crippen molar-refractivity contribution < 1.29 is 9.72 Å². The SMILES string of the molecule is O=C(c1ccc([N+](=O)[O-])cc1)N1CCN(C(c2ccccc2)c2ccccc2)CC1. The van der Waals surface area contributed by atoms with Gasteiger partial charge in [0.25, 0.3) is 11.6 Å². The first-order valence-electron chi connectivity index (χ1n) is 10.0. The largest absolute Gasteiger partial charge is 0.336 e. The Labute approximate surface area is 175 Å². The molecule has 1 aliphatic rings. The number of rotatable bonds is 5. The van der Waals surface area contributed by atoms with E-state index in [9.17, 15) is 14.9 Å². The lowest BCUT2D eigenvalue weighted by atomic mass is 9.96. The van der Waals surface area contributed by atoms with Gasteiger partial charge in [-0.2, -0.15) is 0 Å². The number of non-ortho nitro benzene ring substituents is 1. The zero-order valence-electron chi connectivity index (χ0n) is 16.6. The minimum absolute atomic E-state index is 0.00932. The molecule has 0 spiro atoms. The standard InChI is InChI=1S/C24H23N3O3/c28-24(21-11-13-22(14-12-21)27(29)30)26-17-15-25(16-18-26)23(19-7-3-1-4-8-19)20-9-5-2-6-10-20/h1-14,23H,15-18H2. The highest BCUT2D eigenvalue weighted by atomic mass is 16.6. The van der Waals surface area contributed by atoms with Gasteiger partial charge in [-0.25, -0.2) is 0 Å². The smallest absolute Gasteiger partial charge is 0.269 e. The van der Waals surface area contributed by atoms with Crippen molar-refractivity contribution >= 4 is 11.6 Å². The molecule has 0 aliphatic carbocycles. The molecule has 1 saturated heterocycles. The topological polar surface area (TPSA) is 66.7 Å². The van der Waals surface area contributed by atoms with Gasteiger partial charge in [0.15, 0.2) is 0 Å². The van der Waals surface area contributed by atoms with Crippen molar-refractivity contribution in [2.24, 2.45) is 0 Å². The number of nitro groups is 1. The molecule has 3 aromatic carbocycles. The summed E-state index contributed by atoms with van der Waals surface area (Å²) < 4.78 is 0. The van der Waals surface area contributed by atoms with Crippen molar-refractivity contribution in [3.8, 4) is 0 Å². The van der Waals surface area contributed by atoms with E-state index in [2.05, 4.69) is 53.4 Å². The van der Waals surface area contributed by atoms with Crippen LogP contribution in [0.3, 0.4) is 0 Å². The van der Waals surface area contributed by atoms with E-state index in [1.54, 1.807) is 0 Å². The summed E-state index contributed by atoms with van der Waals surface area (Å²) in [4.78, 5) is 27.4. The van der Waals surface area contributed by atoms with E-state index < -0.39 is 4.92 Å². The molecule has 152 valence electrons. The van der Waals surface area contributed by atoms with E-state index in [0.717, 1.165) is 13.1 Å². The zero-order chi connectivity index (χ0) is 20.9. The summed E-state index contributed by atoms with van der Waals surface area (Å²) in [6, 6.07) is 26.8. The number of hydrogen-bond acceptors (Lipinski definition) is 4. The minimum Gasteiger partial charge on any atom is -0.336 e. The second kappa shape index (κ2) is 8.88. The Kier molecular flexibility index (Phi) is 5.86. The third kappa shape index (κ3) is 4.23. The summed E-state index contributed by atoms with van der Waals surface area (Å²) in [5.41, 5.74) is 2.94. The van der Waals surface area contributed by atoms with Gasteiger partial charge in [-0.05, 0) is 23.3 Å². The van der Waals surface area contributed by atoms with E-state index >= 15 is 0 Å². The Hall–Kier alpha value is -3.51. The van der Waals surface area contributed by atoms with Crippen molar-refractivity contribution in [3.63, 3.8) is 0 Å². The molecule has 3 aromatic rings. The lowest BCUT2D eigenvalue weighted by molar-refractivity contribution is -0.384. The van der Waals surface area contributed by atoms with Gasteiger partial charge >= 0.3 is 0 Å². The van der Waals surface area contributed by atoms with Crippen LogP contribution in [-0.4, -0.2) is 46.8 Å². The van der Waals surface area contributed by atoms with Gasteiger partial charge in [-0.15, -0.1) is 0 Å². The normalized spacial score (nSPS) is 14.6. The minimum atomic E-state index is -0.458. The molecule has 0 aromatic heterocycles. The summed E-state index contributed by atoms with van der Waals surface area (Å²) in [5, 5.41) is 10.8. The summed E-state index contributed by atoms with van der Waals surface area (Å²) in [7, 11) is 0. The Morgan fingerprint density at radius 1 is 0.767 bits per heavy atom. The highest BCUT2D eigenvalue weighted by Gasteiger charge is 2.28. The highest BCUT2D eigenvalue weighted by molar-refractivity contribution is 5.94. The molecule has 1 heterocycles. The summed E-state index contributed by atoms with van der Waals surface area (Å²) >= 11 is 0. The molecule has 0 unspecified atom stereocenters. The van der Waals surface area contributed by atoms with Gasteiger partial charge in [0.05, 0.1) is 11.0 Å². The predicted molar refractivity (Wildman–Crippen MR) is 115 cm³/mol. The maximum atomic E-state index is 12.8. The molecule has 6 nitrogen and oxygen atoms in total. The van der Waals surface area contributed by atoms with Crippen LogP contribution >= 0.6 is 0 Å². The first-order chi connectivity index (χ1) is 14.6. The van der Waals surface area contributed by atoms with Gasteiger partial charge in [0.2, 0.25) is 0 Å². The van der Waals surface area contributed by atoms with Gasteiger partial charge < -0.3 is 4.90 Å². The van der Waals surface area contributed by atoms with Crippen LogP contribution in [0, 0.1) is 10.1 Å². The molecule has 0 N–H and O–H groups in total. The Balaban J connectivity index is 1.48. The second-order valence-corrected chi connectivity index (χ2v) is 7.36. The average Bonchev–Trinajstić information content (AvgIpc) is 2.81. The second-order valence-electron chi connectivity index (χ2n) is 7.36. The molecule has 1 amide bonds. The number of amides is 1. The summed E-state index contributed by atoms with van der Waals surface area (Å²) in [5.74, 6) is -0.0829. The predicted octanol–water partition coefficient (Wildman–Crippen LogP) is 4.14. The van der Waals surface area contributed by atoms with Crippen LogP contribution in [0.5, 0.6) is 0 Å². The average molecular weight is 401 g/mol. The van der Waals surface area contributed by atoms with Crippen LogP contribution in [0.25, 0.3) is 0 Å². The molecule has 1 aliphatic heterocycles. The number of piperazine rings is 1. The maximum absolute atomic E-state index is 12.8. The van der Waals surface area contributed by atoms with E-state index in [1.807, 2.05) is 17.0 Å². The number of carbonyl (C=O) groups excluding carboxylic acids is 1. The van der Waals surface area contributed by atoms with Gasteiger partial charge in [0.1, 0.15) is 0 Å². The number of carbonyl (C=O) groups is 1. The van der Waals surface area contributed by atoms with Crippen molar-refractivity contribution in [2.45, 2.75) is 6.04 Å². The molecule has 0 bridgehead atoms. The molecular weight excluding hydrogens is 378 g/mol. The van der Waals surface area contributed by atoms with Crippen molar-refractivity contribution in [3.05, 3.63) is 112 Å². The number of nitrogens with zero attached hydrogens (tertiary/aromatic N) is 3. The van der Waals surface area contributed by atoms with Crippen molar-refractivity contribution in [1.29, 1.82) is 0 Å². The molecule has 30 heavy (non-hydrogen) atoms. The first-order valence-corrected chi connectivity index (χ1v) is 10.0. The third-order valence-electron chi connectivity index (χ3n) is 5.52. The van der Waals surface area contributed by atoms with Crippen LogP contribution < -0.4 is 0 Å². The third-order valence-corrected chi connectivity index (χ3v) is 5.52. The number of nitro benzene ring substituents is 1.